The van der Waals surface area contributed by atoms with E-state index in [9.17, 15) is 9.59 Å². The molecule has 0 radical (unpaired) electrons. The quantitative estimate of drug-likeness (QED) is 0.905. The maximum atomic E-state index is 12.0. The Kier molecular flexibility index (Phi) is 4.25. The highest BCUT2D eigenvalue weighted by Crippen LogP contribution is 2.23. The molecule has 7 heteroatoms. The minimum Gasteiger partial charge on any atom is -0.477 e. The Balaban J connectivity index is 2.07. The fourth-order valence-electron chi connectivity index (χ4n) is 2.22. The van der Waals surface area contributed by atoms with Gasteiger partial charge in [-0.2, -0.15) is 5.10 Å². The van der Waals surface area contributed by atoms with Crippen LogP contribution in [0.2, 0.25) is 0 Å². The first kappa shape index (κ1) is 16.1. The van der Waals surface area contributed by atoms with Gasteiger partial charge in [0.15, 0.2) is 0 Å². The Morgan fingerprint density at radius 1 is 1.36 bits per heavy atom. The third-order valence-corrected chi connectivity index (χ3v) is 3.29. The lowest BCUT2D eigenvalue weighted by atomic mass is 10.0. The molecule has 1 amide bonds. The van der Waals surface area contributed by atoms with Gasteiger partial charge >= 0.3 is 12.1 Å². The van der Waals surface area contributed by atoms with E-state index >= 15 is 0 Å². The van der Waals surface area contributed by atoms with Crippen molar-refractivity contribution in [1.29, 1.82) is 0 Å². The van der Waals surface area contributed by atoms with Crippen LogP contribution in [-0.2, 0) is 11.8 Å². The molecule has 120 valence electrons. The maximum Gasteiger partial charge on any atom is 0.410 e. The molecule has 0 saturated heterocycles. The van der Waals surface area contributed by atoms with Gasteiger partial charge in [-0.3, -0.25) is 4.68 Å². The Hall–Kier alpha value is -2.31. The summed E-state index contributed by atoms with van der Waals surface area (Å²) in [6.07, 6.45) is 2.17. The molecule has 0 fully saturated rings. The van der Waals surface area contributed by atoms with Crippen LogP contribution in [0.3, 0.4) is 0 Å². The third kappa shape index (κ3) is 3.66. The van der Waals surface area contributed by atoms with Crippen molar-refractivity contribution in [3.05, 3.63) is 23.5 Å². The molecule has 0 saturated carbocycles. The molecule has 0 atom stereocenters. The van der Waals surface area contributed by atoms with Gasteiger partial charge in [-0.25, -0.2) is 9.59 Å². The third-order valence-electron chi connectivity index (χ3n) is 3.29. The van der Waals surface area contributed by atoms with E-state index in [1.54, 1.807) is 18.0 Å². The summed E-state index contributed by atoms with van der Waals surface area (Å²) in [4.78, 5) is 24.6. The minimum absolute atomic E-state index is 0.144. The second-order valence-corrected chi connectivity index (χ2v) is 6.25. The molecule has 7 nitrogen and oxygen atoms in total. The van der Waals surface area contributed by atoms with Gasteiger partial charge in [-0.05, 0) is 38.8 Å². The summed E-state index contributed by atoms with van der Waals surface area (Å²) in [5.74, 6) is -1.01. The van der Waals surface area contributed by atoms with E-state index in [-0.39, 0.29) is 11.8 Å². The number of hydrogen-bond donors (Lipinski definition) is 1. The predicted octanol–water partition coefficient (Wildman–Crippen LogP) is 2.14. The number of ether oxygens (including phenoxy) is 1. The van der Waals surface area contributed by atoms with Crippen LogP contribution >= 0.6 is 0 Å². The number of aryl methyl sites for hydroxylation is 1. The highest BCUT2D eigenvalue weighted by molar-refractivity contribution is 5.87. The van der Waals surface area contributed by atoms with Crippen molar-refractivity contribution in [3.63, 3.8) is 0 Å². The number of rotatable bonds is 2. The SMILES string of the molecule is Cn1nc(C2=CCN(C(=O)OC(C)(C)C)CC2)cc1C(=O)O. The number of nitrogens with zero attached hydrogens (tertiary/aromatic N) is 3. The van der Waals surface area contributed by atoms with Crippen LogP contribution in [-0.4, -0.2) is 50.5 Å². The van der Waals surface area contributed by atoms with E-state index in [1.165, 1.54) is 4.68 Å². The van der Waals surface area contributed by atoms with Gasteiger partial charge in [0.25, 0.3) is 0 Å². The van der Waals surface area contributed by atoms with Gasteiger partial charge < -0.3 is 14.7 Å². The monoisotopic (exact) mass is 307 g/mol. The number of carbonyl (C=O) groups is 2. The van der Waals surface area contributed by atoms with Gasteiger partial charge in [0, 0.05) is 20.1 Å². The average Bonchev–Trinajstić information content (AvgIpc) is 2.79. The lowest BCUT2D eigenvalue weighted by Gasteiger charge is -2.29. The maximum absolute atomic E-state index is 12.0. The van der Waals surface area contributed by atoms with E-state index in [2.05, 4.69) is 5.10 Å². The molecular formula is C15H21N3O4. The van der Waals surface area contributed by atoms with E-state index in [1.807, 2.05) is 26.8 Å². The van der Waals surface area contributed by atoms with E-state index in [0.29, 0.717) is 25.2 Å². The first-order valence-corrected chi connectivity index (χ1v) is 7.12. The fourth-order valence-corrected chi connectivity index (χ4v) is 2.22. The van der Waals surface area contributed by atoms with Gasteiger partial charge in [0.05, 0.1) is 5.69 Å². The van der Waals surface area contributed by atoms with Crippen molar-refractivity contribution >= 4 is 17.6 Å². The molecule has 2 heterocycles. The molecule has 0 unspecified atom stereocenters. The van der Waals surface area contributed by atoms with Crippen LogP contribution in [0.15, 0.2) is 12.1 Å². The number of carbonyl (C=O) groups excluding carboxylic acids is 1. The molecule has 1 N–H and O–H groups in total. The molecule has 0 aliphatic carbocycles. The largest absolute Gasteiger partial charge is 0.477 e. The van der Waals surface area contributed by atoms with E-state index < -0.39 is 11.6 Å². The standard InChI is InChI=1S/C15H21N3O4/c1-15(2,3)22-14(21)18-7-5-10(6-8-18)11-9-12(13(19)20)17(4)16-11/h5,9H,6-8H2,1-4H3,(H,19,20). The van der Waals surface area contributed by atoms with Crippen molar-refractivity contribution in [2.45, 2.75) is 32.8 Å². The molecule has 1 aromatic rings. The molecule has 1 aliphatic heterocycles. The van der Waals surface area contributed by atoms with Gasteiger partial charge in [-0.1, -0.05) is 6.08 Å². The lowest BCUT2D eigenvalue weighted by Crippen LogP contribution is -2.39. The smallest absolute Gasteiger partial charge is 0.410 e. The fraction of sp³-hybridized carbons (Fsp3) is 0.533. The van der Waals surface area contributed by atoms with Crippen molar-refractivity contribution in [1.82, 2.24) is 14.7 Å². The Labute approximate surface area is 129 Å². The van der Waals surface area contributed by atoms with Crippen molar-refractivity contribution in [2.24, 2.45) is 7.05 Å². The number of carboxylic acids is 1. The Morgan fingerprint density at radius 3 is 2.50 bits per heavy atom. The molecule has 2 rings (SSSR count). The van der Waals surface area contributed by atoms with Crippen LogP contribution < -0.4 is 0 Å². The first-order chi connectivity index (χ1) is 10.2. The lowest BCUT2D eigenvalue weighted by molar-refractivity contribution is 0.0270. The topological polar surface area (TPSA) is 84.7 Å². The van der Waals surface area contributed by atoms with Crippen LogP contribution in [0, 0.1) is 0 Å². The summed E-state index contributed by atoms with van der Waals surface area (Å²) < 4.78 is 6.68. The number of carboxylic acid groups (broad SMARTS) is 1. The van der Waals surface area contributed by atoms with Gasteiger partial charge in [-0.15, -0.1) is 0 Å². The zero-order valence-electron chi connectivity index (χ0n) is 13.3. The van der Waals surface area contributed by atoms with Crippen LogP contribution in [0.4, 0.5) is 4.79 Å². The highest BCUT2D eigenvalue weighted by atomic mass is 16.6. The van der Waals surface area contributed by atoms with Crippen LogP contribution in [0.25, 0.3) is 5.57 Å². The molecule has 0 bridgehead atoms. The molecule has 0 aromatic carbocycles. The van der Waals surface area contributed by atoms with Crippen LogP contribution in [0.5, 0.6) is 0 Å². The number of aromatic nitrogens is 2. The second kappa shape index (κ2) is 5.82. The van der Waals surface area contributed by atoms with Crippen LogP contribution in [0.1, 0.15) is 43.4 Å². The molecular weight excluding hydrogens is 286 g/mol. The summed E-state index contributed by atoms with van der Waals surface area (Å²) >= 11 is 0. The van der Waals surface area contributed by atoms with Crippen molar-refractivity contribution in [3.8, 4) is 0 Å². The van der Waals surface area contributed by atoms with Crippen molar-refractivity contribution < 1.29 is 19.4 Å². The number of aromatic carboxylic acids is 1. The Morgan fingerprint density at radius 2 is 2.05 bits per heavy atom. The number of amides is 1. The molecule has 1 aliphatic rings. The summed E-state index contributed by atoms with van der Waals surface area (Å²) in [7, 11) is 1.60. The van der Waals surface area contributed by atoms with E-state index in [0.717, 1.165) is 5.57 Å². The summed E-state index contributed by atoms with van der Waals surface area (Å²) in [6.45, 7) is 6.45. The molecule has 0 spiro atoms. The van der Waals surface area contributed by atoms with E-state index in [4.69, 9.17) is 9.84 Å². The summed E-state index contributed by atoms with van der Waals surface area (Å²) in [5, 5.41) is 13.3. The first-order valence-electron chi connectivity index (χ1n) is 7.12. The normalized spacial score (nSPS) is 15.5. The number of hydrogen-bond acceptors (Lipinski definition) is 4. The molecule has 1 aromatic heterocycles. The Bertz CT molecular complexity index is 625. The average molecular weight is 307 g/mol. The zero-order chi connectivity index (χ0) is 16.5. The summed E-state index contributed by atoms with van der Waals surface area (Å²) in [5.41, 5.74) is 1.22. The molecule has 22 heavy (non-hydrogen) atoms. The predicted molar refractivity (Wildman–Crippen MR) is 80.6 cm³/mol. The zero-order valence-corrected chi connectivity index (χ0v) is 13.3. The van der Waals surface area contributed by atoms with Gasteiger partial charge in [0.1, 0.15) is 11.3 Å². The van der Waals surface area contributed by atoms with Crippen molar-refractivity contribution in [2.75, 3.05) is 13.1 Å². The second-order valence-electron chi connectivity index (χ2n) is 6.25. The summed E-state index contributed by atoms with van der Waals surface area (Å²) in [6, 6.07) is 1.55. The highest BCUT2D eigenvalue weighted by Gasteiger charge is 2.25. The van der Waals surface area contributed by atoms with Gasteiger partial charge in [0.2, 0.25) is 0 Å². The minimum atomic E-state index is -1.01.